The molecule has 3 aliphatic rings. The number of hydrogen-bond acceptors (Lipinski definition) is 2. The van der Waals surface area contributed by atoms with Gasteiger partial charge < -0.3 is 9.80 Å². The van der Waals surface area contributed by atoms with Gasteiger partial charge in [-0.05, 0) is 83.1 Å². The lowest BCUT2D eigenvalue weighted by Gasteiger charge is -2.49. The molecule has 0 aromatic heterocycles. The van der Waals surface area contributed by atoms with Crippen molar-refractivity contribution in [2.75, 3.05) is 32.7 Å². The van der Waals surface area contributed by atoms with Gasteiger partial charge in [0.1, 0.15) is 0 Å². The Labute approximate surface area is 106 Å². The second kappa shape index (κ2) is 4.89. The highest BCUT2D eigenvalue weighted by Gasteiger charge is 2.39. The zero-order valence-electron chi connectivity index (χ0n) is 11.5. The summed E-state index contributed by atoms with van der Waals surface area (Å²) in [5.41, 5.74) is 0.757. The number of piperidine rings is 1. The maximum absolute atomic E-state index is 2.73. The minimum Gasteiger partial charge on any atom is -0.304 e. The molecule has 0 unspecified atom stereocenters. The van der Waals surface area contributed by atoms with Crippen molar-refractivity contribution in [1.29, 1.82) is 0 Å². The van der Waals surface area contributed by atoms with E-state index in [2.05, 4.69) is 16.7 Å². The van der Waals surface area contributed by atoms with Crippen molar-refractivity contribution in [3.05, 3.63) is 0 Å². The molecule has 0 N–H and O–H groups in total. The first-order chi connectivity index (χ1) is 8.31. The van der Waals surface area contributed by atoms with Crippen LogP contribution >= 0.6 is 0 Å². The predicted octanol–water partition coefficient (Wildman–Crippen LogP) is 2.74. The lowest BCUT2D eigenvalue weighted by Crippen LogP contribution is -2.49. The molecule has 0 bridgehead atoms. The fourth-order valence-electron chi connectivity index (χ4n) is 4.13. The Hall–Kier alpha value is -0.0800. The van der Waals surface area contributed by atoms with Gasteiger partial charge in [-0.15, -0.1) is 0 Å². The summed E-state index contributed by atoms with van der Waals surface area (Å²) in [6, 6.07) is 0.957. The van der Waals surface area contributed by atoms with E-state index in [9.17, 15) is 0 Å². The lowest BCUT2D eigenvalue weighted by molar-refractivity contribution is 0.0157. The first-order valence-electron chi connectivity index (χ1n) is 7.78. The fourth-order valence-corrected chi connectivity index (χ4v) is 4.13. The summed E-state index contributed by atoms with van der Waals surface area (Å²) in [7, 11) is 0. The summed E-state index contributed by atoms with van der Waals surface area (Å²) in [5, 5.41) is 0. The Morgan fingerprint density at radius 1 is 0.941 bits per heavy atom. The van der Waals surface area contributed by atoms with Gasteiger partial charge in [-0.3, -0.25) is 0 Å². The van der Waals surface area contributed by atoms with Crippen molar-refractivity contribution in [3.63, 3.8) is 0 Å². The highest BCUT2D eigenvalue weighted by atomic mass is 15.2. The summed E-state index contributed by atoms with van der Waals surface area (Å²) < 4.78 is 0. The SMILES string of the molecule is CCN1CCC2(CCC(N3CCC3)CC2)CC1. The van der Waals surface area contributed by atoms with Crippen molar-refractivity contribution in [2.45, 2.75) is 57.9 Å². The van der Waals surface area contributed by atoms with Crippen LogP contribution < -0.4 is 0 Å². The molecule has 3 rings (SSSR count). The van der Waals surface area contributed by atoms with Crippen LogP contribution in [0, 0.1) is 5.41 Å². The minimum absolute atomic E-state index is 0.757. The lowest BCUT2D eigenvalue weighted by atomic mass is 9.66. The summed E-state index contributed by atoms with van der Waals surface area (Å²) in [6.45, 7) is 9.07. The van der Waals surface area contributed by atoms with Gasteiger partial charge in [0.15, 0.2) is 0 Å². The molecule has 98 valence electrons. The molecule has 3 fully saturated rings. The Morgan fingerprint density at radius 2 is 1.59 bits per heavy atom. The smallest absolute Gasteiger partial charge is 0.00956 e. The summed E-state index contributed by atoms with van der Waals surface area (Å²) in [4.78, 5) is 5.36. The van der Waals surface area contributed by atoms with Crippen LogP contribution in [0.5, 0.6) is 0 Å². The standard InChI is InChI=1S/C15H28N2/c1-2-16-12-8-15(9-13-16)6-4-14(5-7-15)17-10-3-11-17/h14H,2-13H2,1H3. The number of hydrogen-bond donors (Lipinski definition) is 0. The third kappa shape index (κ3) is 2.39. The van der Waals surface area contributed by atoms with Crippen LogP contribution in [0.3, 0.4) is 0 Å². The maximum Gasteiger partial charge on any atom is 0.00956 e. The van der Waals surface area contributed by atoms with Gasteiger partial charge in [0.05, 0.1) is 0 Å². The van der Waals surface area contributed by atoms with Crippen LogP contribution in [0.4, 0.5) is 0 Å². The summed E-state index contributed by atoms with van der Waals surface area (Å²) in [6.07, 6.45) is 10.4. The van der Waals surface area contributed by atoms with Crippen LogP contribution in [-0.4, -0.2) is 48.6 Å². The third-order valence-corrected chi connectivity index (χ3v) is 5.79. The molecule has 1 aliphatic carbocycles. The minimum atomic E-state index is 0.757. The van der Waals surface area contributed by atoms with Gasteiger partial charge in [0, 0.05) is 6.04 Å². The molecule has 0 aromatic carbocycles. The maximum atomic E-state index is 2.73. The van der Waals surface area contributed by atoms with E-state index in [4.69, 9.17) is 0 Å². The second-order valence-electron chi connectivity index (χ2n) is 6.55. The van der Waals surface area contributed by atoms with Crippen molar-refractivity contribution in [1.82, 2.24) is 9.80 Å². The van der Waals surface area contributed by atoms with E-state index in [0.717, 1.165) is 11.5 Å². The number of nitrogens with zero attached hydrogens (tertiary/aromatic N) is 2. The average molecular weight is 236 g/mol. The second-order valence-corrected chi connectivity index (χ2v) is 6.55. The van der Waals surface area contributed by atoms with E-state index < -0.39 is 0 Å². The van der Waals surface area contributed by atoms with Crippen LogP contribution in [0.2, 0.25) is 0 Å². The van der Waals surface area contributed by atoms with Gasteiger partial charge in [-0.25, -0.2) is 0 Å². The molecular formula is C15H28N2. The molecule has 2 heterocycles. The molecule has 2 nitrogen and oxygen atoms in total. The summed E-state index contributed by atoms with van der Waals surface area (Å²) in [5.74, 6) is 0. The molecule has 0 radical (unpaired) electrons. The van der Waals surface area contributed by atoms with E-state index in [1.807, 2.05) is 0 Å². The van der Waals surface area contributed by atoms with Gasteiger partial charge >= 0.3 is 0 Å². The Morgan fingerprint density at radius 3 is 2.06 bits per heavy atom. The van der Waals surface area contributed by atoms with Gasteiger partial charge in [0.25, 0.3) is 0 Å². The van der Waals surface area contributed by atoms with Crippen molar-refractivity contribution in [2.24, 2.45) is 5.41 Å². The number of likely N-dealkylation sites (tertiary alicyclic amines) is 2. The van der Waals surface area contributed by atoms with Crippen LogP contribution in [0.15, 0.2) is 0 Å². The van der Waals surface area contributed by atoms with Crippen LogP contribution in [-0.2, 0) is 0 Å². The van der Waals surface area contributed by atoms with Crippen molar-refractivity contribution >= 4 is 0 Å². The number of rotatable bonds is 2. The Kier molecular flexibility index (Phi) is 3.45. The largest absolute Gasteiger partial charge is 0.304 e. The molecule has 0 atom stereocenters. The molecule has 1 saturated carbocycles. The highest BCUT2D eigenvalue weighted by Crippen LogP contribution is 2.45. The third-order valence-electron chi connectivity index (χ3n) is 5.79. The van der Waals surface area contributed by atoms with Gasteiger partial charge in [-0.2, -0.15) is 0 Å². The molecule has 2 heteroatoms. The molecule has 1 spiro atoms. The van der Waals surface area contributed by atoms with E-state index in [1.165, 1.54) is 77.7 Å². The quantitative estimate of drug-likeness (QED) is 0.727. The normalized spacial score (nSPS) is 31.6. The van der Waals surface area contributed by atoms with Crippen LogP contribution in [0.25, 0.3) is 0 Å². The zero-order chi connectivity index (χ0) is 11.7. The monoisotopic (exact) mass is 236 g/mol. The predicted molar refractivity (Wildman–Crippen MR) is 72.2 cm³/mol. The first-order valence-corrected chi connectivity index (χ1v) is 7.78. The first kappa shape index (κ1) is 12.0. The Balaban J connectivity index is 1.50. The van der Waals surface area contributed by atoms with Crippen molar-refractivity contribution < 1.29 is 0 Å². The van der Waals surface area contributed by atoms with E-state index in [0.29, 0.717) is 0 Å². The van der Waals surface area contributed by atoms with Crippen molar-refractivity contribution in [3.8, 4) is 0 Å². The van der Waals surface area contributed by atoms with Crippen LogP contribution in [0.1, 0.15) is 51.9 Å². The summed E-state index contributed by atoms with van der Waals surface area (Å²) >= 11 is 0. The fraction of sp³-hybridized carbons (Fsp3) is 1.00. The molecule has 2 saturated heterocycles. The molecule has 0 amide bonds. The molecular weight excluding hydrogens is 208 g/mol. The van der Waals surface area contributed by atoms with Gasteiger partial charge in [-0.1, -0.05) is 6.92 Å². The zero-order valence-corrected chi connectivity index (χ0v) is 11.5. The van der Waals surface area contributed by atoms with Gasteiger partial charge in [0.2, 0.25) is 0 Å². The molecule has 0 aromatic rings. The molecule has 2 aliphatic heterocycles. The van der Waals surface area contributed by atoms with E-state index >= 15 is 0 Å². The molecule has 17 heavy (non-hydrogen) atoms. The van der Waals surface area contributed by atoms with E-state index in [1.54, 1.807) is 0 Å². The highest BCUT2D eigenvalue weighted by molar-refractivity contribution is 4.93. The topological polar surface area (TPSA) is 6.48 Å². The Bertz CT molecular complexity index is 242. The van der Waals surface area contributed by atoms with E-state index in [-0.39, 0.29) is 0 Å². The average Bonchev–Trinajstić information content (AvgIpc) is 2.31.